The summed E-state index contributed by atoms with van der Waals surface area (Å²) in [6, 6.07) is 12.5. The predicted octanol–water partition coefficient (Wildman–Crippen LogP) is 2.41. The lowest BCUT2D eigenvalue weighted by Crippen LogP contribution is -2.43. The molecule has 10 heteroatoms. The van der Waals surface area contributed by atoms with Gasteiger partial charge in [-0.1, -0.05) is 35.9 Å². The number of carbonyl (C=O) groups is 1. The number of halogens is 1. The molecule has 1 amide bonds. The van der Waals surface area contributed by atoms with Gasteiger partial charge >= 0.3 is 0 Å². The Hall–Kier alpha value is -2.36. The third-order valence-corrected chi connectivity index (χ3v) is 7.70. The smallest absolute Gasteiger partial charge is 0.261 e. The lowest BCUT2D eigenvalue weighted by Gasteiger charge is -2.25. The highest BCUT2D eigenvalue weighted by molar-refractivity contribution is 7.92. The molecule has 0 saturated carbocycles. The number of benzene rings is 2. The minimum atomic E-state index is -3.80. The molecule has 1 aliphatic rings. The van der Waals surface area contributed by atoms with Gasteiger partial charge in [-0.25, -0.2) is 16.8 Å². The molecule has 1 fully saturated rings. The van der Waals surface area contributed by atoms with Gasteiger partial charge in [-0.05, 0) is 35.9 Å². The molecule has 2 aromatic rings. The van der Waals surface area contributed by atoms with E-state index in [2.05, 4.69) is 4.72 Å². The van der Waals surface area contributed by atoms with E-state index in [4.69, 9.17) is 11.6 Å². The molecule has 1 saturated heterocycles. The maximum atomic E-state index is 12.5. The molecule has 1 aliphatic heterocycles. The Labute approximate surface area is 175 Å². The second-order valence-electron chi connectivity index (χ2n) is 6.46. The van der Waals surface area contributed by atoms with Gasteiger partial charge in [0.15, 0.2) is 9.84 Å². The average molecular weight is 455 g/mol. The first-order valence-electron chi connectivity index (χ1n) is 8.71. The molecule has 2 aromatic carbocycles. The first-order valence-corrected chi connectivity index (χ1v) is 12.4. The van der Waals surface area contributed by atoms with Crippen molar-refractivity contribution in [2.75, 3.05) is 29.3 Å². The van der Waals surface area contributed by atoms with Crippen molar-refractivity contribution in [2.24, 2.45) is 0 Å². The van der Waals surface area contributed by atoms with Gasteiger partial charge in [0.25, 0.3) is 10.0 Å². The van der Waals surface area contributed by atoms with E-state index in [9.17, 15) is 21.6 Å². The van der Waals surface area contributed by atoms with Crippen LogP contribution in [0.2, 0.25) is 5.02 Å². The Bertz CT molecular complexity index is 1130. The van der Waals surface area contributed by atoms with Crippen molar-refractivity contribution in [3.8, 4) is 0 Å². The highest BCUT2D eigenvalue weighted by atomic mass is 35.5. The summed E-state index contributed by atoms with van der Waals surface area (Å²) in [5, 5.41) is 0.291. The number of amides is 1. The van der Waals surface area contributed by atoms with Crippen LogP contribution < -0.4 is 4.72 Å². The third-order valence-electron chi connectivity index (χ3n) is 4.38. The van der Waals surface area contributed by atoms with Crippen molar-refractivity contribution in [2.45, 2.75) is 4.90 Å². The summed E-state index contributed by atoms with van der Waals surface area (Å²) in [7, 11) is -6.85. The van der Waals surface area contributed by atoms with Crippen LogP contribution in [0.15, 0.2) is 59.5 Å². The number of rotatable bonds is 5. The molecule has 29 heavy (non-hydrogen) atoms. The number of para-hydroxylation sites is 1. The first-order chi connectivity index (χ1) is 13.7. The summed E-state index contributed by atoms with van der Waals surface area (Å²) >= 11 is 5.99. The van der Waals surface area contributed by atoms with E-state index >= 15 is 0 Å². The van der Waals surface area contributed by atoms with Gasteiger partial charge in [-0.15, -0.1) is 0 Å². The molecule has 0 aromatic heterocycles. The molecular formula is C19H19ClN2O5S2. The maximum absolute atomic E-state index is 12.5. The topological polar surface area (TPSA) is 101 Å². The van der Waals surface area contributed by atoms with E-state index in [0.29, 0.717) is 10.6 Å². The molecule has 0 unspecified atom stereocenters. The quantitative estimate of drug-likeness (QED) is 0.699. The molecule has 7 nitrogen and oxygen atoms in total. The van der Waals surface area contributed by atoms with Gasteiger partial charge < -0.3 is 4.90 Å². The van der Waals surface area contributed by atoms with Crippen LogP contribution in [-0.4, -0.2) is 52.2 Å². The number of carbonyl (C=O) groups excluding carboxylic acids is 1. The normalized spacial score (nSPS) is 16.7. The summed E-state index contributed by atoms with van der Waals surface area (Å²) in [6.45, 7) is 0.354. The van der Waals surface area contributed by atoms with E-state index < -0.39 is 19.9 Å². The zero-order valence-electron chi connectivity index (χ0n) is 15.3. The molecule has 1 N–H and O–H groups in total. The highest BCUT2D eigenvalue weighted by Gasteiger charge is 2.23. The zero-order chi connectivity index (χ0) is 21.1. The Morgan fingerprint density at radius 1 is 1.03 bits per heavy atom. The van der Waals surface area contributed by atoms with Gasteiger partial charge in [0, 0.05) is 19.2 Å². The minimum Gasteiger partial charge on any atom is -0.337 e. The monoisotopic (exact) mass is 454 g/mol. The van der Waals surface area contributed by atoms with Gasteiger partial charge in [-0.2, -0.15) is 0 Å². The second-order valence-corrected chi connectivity index (χ2v) is 10.9. The summed E-state index contributed by atoms with van der Waals surface area (Å²) in [6.07, 6.45) is 2.91. The molecule has 3 rings (SSSR count). The fourth-order valence-corrected chi connectivity index (χ4v) is 5.23. The summed E-state index contributed by atoms with van der Waals surface area (Å²) < 4.78 is 50.3. The molecule has 0 radical (unpaired) electrons. The van der Waals surface area contributed by atoms with Crippen LogP contribution in [0.4, 0.5) is 5.69 Å². The third kappa shape index (κ3) is 5.59. The largest absolute Gasteiger partial charge is 0.337 e. The van der Waals surface area contributed by atoms with E-state index in [1.165, 1.54) is 23.1 Å². The van der Waals surface area contributed by atoms with Crippen LogP contribution in [-0.2, 0) is 24.7 Å². The van der Waals surface area contributed by atoms with Crippen LogP contribution in [0.1, 0.15) is 5.56 Å². The molecule has 1 heterocycles. The van der Waals surface area contributed by atoms with E-state index in [0.717, 1.165) is 0 Å². The van der Waals surface area contributed by atoms with Crippen molar-refractivity contribution in [1.82, 2.24) is 4.90 Å². The van der Waals surface area contributed by atoms with E-state index in [1.807, 2.05) is 0 Å². The van der Waals surface area contributed by atoms with Gasteiger partial charge in [0.05, 0.1) is 27.1 Å². The number of sulfonamides is 1. The molecule has 0 bridgehead atoms. The van der Waals surface area contributed by atoms with E-state index in [-0.39, 0.29) is 41.1 Å². The SMILES string of the molecule is O=C(/C=C/c1ccc(S(=O)(=O)Nc2ccccc2Cl)cc1)N1CCS(=O)(=O)CC1. The highest BCUT2D eigenvalue weighted by Crippen LogP contribution is 2.24. The van der Waals surface area contributed by atoms with Crippen molar-refractivity contribution in [1.29, 1.82) is 0 Å². The lowest BCUT2D eigenvalue weighted by molar-refractivity contribution is -0.125. The number of hydrogen-bond acceptors (Lipinski definition) is 5. The zero-order valence-corrected chi connectivity index (χ0v) is 17.7. The number of anilines is 1. The fourth-order valence-electron chi connectivity index (χ4n) is 2.71. The van der Waals surface area contributed by atoms with E-state index in [1.54, 1.807) is 42.5 Å². The molecule has 0 aliphatic carbocycles. The number of sulfone groups is 1. The van der Waals surface area contributed by atoms with Gasteiger partial charge in [0.2, 0.25) is 5.91 Å². The number of nitrogens with zero attached hydrogens (tertiary/aromatic N) is 1. The summed E-state index contributed by atoms with van der Waals surface area (Å²) in [5.41, 5.74) is 0.923. The Morgan fingerprint density at radius 2 is 1.66 bits per heavy atom. The average Bonchev–Trinajstić information content (AvgIpc) is 2.68. The Morgan fingerprint density at radius 3 is 2.28 bits per heavy atom. The molecular weight excluding hydrogens is 436 g/mol. The van der Waals surface area contributed by atoms with Crippen molar-refractivity contribution >= 4 is 49.1 Å². The Kier molecular flexibility index (Phi) is 6.30. The van der Waals surface area contributed by atoms with Gasteiger partial charge in [-0.3, -0.25) is 9.52 Å². The number of hydrogen-bond donors (Lipinski definition) is 1. The number of nitrogens with one attached hydrogen (secondary N) is 1. The van der Waals surface area contributed by atoms with Gasteiger partial charge in [0.1, 0.15) is 0 Å². The fraction of sp³-hybridized carbons (Fsp3) is 0.211. The summed E-state index contributed by atoms with van der Waals surface area (Å²) in [5.74, 6) is -0.341. The summed E-state index contributed by atoms with van der Waals surface area (Å²) in [4.78, 5) is 13.7. The van der Waals surface area contributed by atoms with Crippen LogP contribution >= 0.6 is 11.6 Å². The van der Waals surface area contributed by atoms with Crippen LogP contribution in [0.5, 0.6) is 0 Å². The predicted molar refractivity (Wildman–Crippen MR) is 113 cm³/mol. The first kappa shape index (κ1) is 21.4. The molecule has 0 atom stereocenters. The second kappa shape index (κ2) is 8.56. The van der Waals surface area contributed by atoms with Crippen LogP contribution in [0.25, 0.3) is 6.08 Å². The van der Waals surface area contributed by atoms with Crippen LogP contribution in [0, 0.1) is 0 Å². The standard InChI is InChI=1S/C19H19ClN2O5S2/c20-17-3-1-2-4-18(17)21-29(26,27)16-8-5-15(6-9-16)7-10-19(23)22-11-13-28(24,25)14-12-22/h1-10,21H,11-14H2/b10-7+. The lowest BCUT2D eigenvalue weighted by atomic mass is 10.2. The maximum Gasteiger partial charge on any atom is 0.261 e. The molecule has 154 valence electrons. The van der Waals surface area contributed by atoms with Crippen molar-refractivity contribution in [3.05, 3.63) is 65.2 Å². The van der Waals surface area contributed by atoms with Crippen molar-refractivity contribution in [3.63, 3.8) is 0 Å². The minimum absolute atomic E-state index is 0.0302. The molecule has 0 spiro atoms. The van der Waals surface area contributed by atoms with Crippen molar-refractivity contribution < 1.29 is 21.6 Å². The van der Waals surface area contributed by atoms with Crippen LogP contribution in [0.3, 0.4) is 0 Å². The Balaban J connectivity index is 1.66.